The van der Waals surface area contributed by atoms with Gasteiger partial charge in [-0.25, -0.2) is 4.98 Å². The summed E-state index contributed by atoms with van der Waals surface area (Å²) in [5.41, 5.74) is 2.31. The highest BCUT2D eigenvalue weighted by Gasteiger charge is 2.33. The van der Waals surface area contributed by atoms with E-state index in [0.717, 1.165) is 23.4 Å². The minimum absolute atomic E-state index is 0.0117. The van der Waals surface area contributed by atoms with Crippen LogP contribution in [-0.2, 0) is 0 Å². The molecule has 0 unspecified atom stereocenters. The molecule has 1 aromatic heterocycles. The van der Waals surface area contributed by atoms with E-state index >= 15 is 0 Å². The Hall–Kier alpha value is -3.53. The van der Waals surface area contributed by atoms with Crippen LogP contribution in [-0.4, -0.2) is 35.9 Å². The van der Waals surface area contributed by atoms with Gasteiger partial charge in [0.1, 0.15) is 28.1 Å². The Morgan fingerprint density at radius 1 is 1.06 bits per heavy atom. The van der Waals surface area contributed by atoms with E-state index in [1.165, 1.54) is 28.4 Å². The Kier molecular flexibility index (Phi) is 5.32. The lowest BCUT2D eigenvalue weighted by Crippen LogP contribution is -2.26. The lowest BCUT2D eigenvalue weighted by Gasteiger charge is -2.19. The Morgan fingerprint density at radius 2 is 1.71 bits per heavy atom. The molecule has 3 aromatic rings. The van der Waals surface area contributed by atoms with E-state index < -0.39 is 6.36 Å². The first-order valence-corrected chi connectivity index (χ1v) is 9.88. The van der Waals surface area contributed by atoms with Crippen LogP contribution in [0.15, 0.2) is 59.7 Å². The second-order valence-electron chi connectivity index (χ2n) is 6.56. The second kappa shape index (κ2) is 7.95. The fraction of sp³-hybridized carbons (Fsp3) is 0.143. The maximum atomic E-state index is 12.3. The zero-order chi connectivity index (χ0) is 22.2. The predicted molar refractivity (Wildman–Crippen MR) is 112 cm³/mol. The quantitative estimate of drug-likeness (QED) is 0.541. The number of nitrogens with zero attached hydrogens (tertiary/aromatic N) is 2. The summed E-state index contributed by atoms with van der Waals surface area (Å²) >= 11 is 1.29. The summed E-state index contributed by atoms with van der Waals surface area (Å²) in [6.45, 7) is 0.0189. The standard InChI is InChI=1S/C21H16F3N3O3S/c1-29-14-6-2-12(3-7-14)16-11-31-20(26-16)18-17(28)10-27(19(18)25)13-4-8-15(9-5-13)30-21(22,23)24/h2-9,11,25,28H,10H2,1H3. The molecule has 1 aliphatic heterocycles. The van der Waals surface area contributed by atoms with Crippen LogP contribution in [0.25, 0.3) is 16.8 Å². The molecule has 1 aliphatic rings. The Bertz CT molecular complexity index is 1140. The summed E-state index contributed by atoms with van der Waals surface area (Å²) < 4.78 is 46.0. The number of benzene rings is 2. The molecule has 0 aliphatic carbocycles. The molecular weight excluding hydrogens is 431 g/mol. The Labute approximate surface area is 179 Å². The first kappa shape index (κ1) is 20.7. The molecule has 2 N–H and O–H groups in total. The summed E-state index contributed by atoms with van der Waals surface area (Å²) in [6, 6.07) is 12.5. The minimum Gasteiger partial charge on any atom is -0.510 e. The van der Waals surface area contributed by atoms with E-state index in [4.69, 9.17) is 10.1 Å². The van der Waals surface area contributed by atoms with Gasteiger partial charge in [-0.1, -0.05) is 0 Å². The number of aliphatic hydroxyl groups is 1. The number of ether oxygens (including phenoxy) is 2. The monoisotopic (exact) mass is 447 g/mol. The van der Waals surface area contributed by atoms with Crippen LogP contribution in [0, 0.1) is 5.41 Å². The van der Waals surface area contributed by atoms with Crippen LogP contribution >= 0.6 is 11.3 Å². The molecule has 2 aromatic carbocycles. The smallest absolute Gasteiger partial charge is 0.510 e. The average molecular weight is 447 g/mol. The van der Waals surface area contributed by atoms with Crippen molar-refractivity contribution in [3.8, 4) is 22.8 Å². The van der Waals surface area contributed by atoms with Gasteiger partial charge in [-0.05, 0) is 48.5 Å². The highest BCUT2D eigenvalue weighted by atomic mass is 32.1. The van der Waals surface area contributed by atoms with Crippen LogP contribution in [0.2, 0.25) is 0 Å². The summed E-state index contributed by atoms with van der Waals surface area (Å²) in [5, 5.41) is 21.3. The van der Waals surface area contributed by atoms with Crippen LogP contribution in [0.3, 0.4) is 0 Å². The predicted octanol–water partition coefficient (Wildman–Crippen LogP) is 5.48. The number of thiazole rings is 1. The van der Waals surface area contributed by atoms with Gasteiger partial charge in [-0.3, -0.25) is 5.41 Å². The topological polar surface area (TPSA) is 78.7 Å². The molecule has 4 rings (SSSR count). The van der Waals surface area contributed by atoms with Gasteiger partial charge in [0.15, 0.2) is 0 Å². The van der Waals surface area contributed by atoms with Gasteiger partial charge < -0.3 is 19.5 Å². The van der Waals surface area contributed by atoms with Gasteiger partial charge in [0.25, 0.3) is 0 Å². The van der Waals surface area contributed by atoms with E-state index in [1.807, 2.05) is 29.6 Å². The molecule has 0 saturated carbocycles. The molecule has 2 heterocycles. The van der Waals surface area contributed by atoms with E-state index in [9.17, 15) is 18.3 Å². The Morgan fingerprint density at radius 3 is 2.32 bits per heavy atom. The first-order chi connectivity index (χ1) is 14.7. The molecule has 10 heteroatoms. The van der Waals surface area contributed by atoms with Gasteiger partial charge in [0.2, 0.25) is 0 Å². The second-order valence-corrected chi connectivity index (χ2v) is 7.42. The highest BCUT2D eigenvalue weighted by Crippen LogP contribution is 2.35. The van der Waals surface area contributed by atoms with Crippen LogP contribution < -0.4 is 14.4 Å². The van der Waals surface area contributed by atoms with Gasteiger partial charge in [0, 0.05) is 16.6 Å². The summed E-state index contributed by atoms with van der Waals surface area (Å²) in [4.78, 5) is 6.03. The molecule has 0 atom stereocenters. The fourth-order valence-electron chi connectivity index (χ4n) is 3.14. The number of rotatable bonds is 5. The van der Waals surface area contributed by atoms with Crippen molar-refractivity contribution in [2.75, 3.05) is 18.6 Å². The number of alkyl halides is 3. The molecule has 0 radical (unpaired) electrons. The highest BCUT2D eigenvalue weighted by molar-refractivity contribution is 7.11. The lowest BCUT2D eigenvalue weighted by atomic mass is 10.1. The minimum atomic E-state index is -4.78. The zero-order valence-corrected chi connectivity index (χ0v) is 16.9. The molecular formula is C21H16F3N3O3S. The largest absolute Gasteiger partial charge is 0.573 e. The molecule has 160 valence electrons. The normalized spacial score (nSPS) is 14.3. The van der Waals surface area contributed by atoms with E-state index in [-0.39, 0.29) is 23.9 Å². The maximum Gasteiger partial charge on any atom is 0.573 e. The number of hydrogen-bond acceptors (Lipinski definition) is 6. The van der Waals surface area contributed by atoms with Gasteiger partial charge in [-0.2, -0.15) is 0 Å². The SMILES string of the molecule is COc1ccc(-c2csc(C3=C(O)CN(c4ccc(OC(F)(F)F)cc4)C3=N)n2)cc1. The fourth-order valence-corrected chi connectivity index (χ4v) is 4.03. The van der Waals surface area contributed by atoms with Crippen molar-refractivity contribution in [3.63, 3.8) is 0 Å². The molecule has 0 spiro atoms. The summed E-state index contributed by atoms with van der Waals surface area (Å²) in [7, 11) is 1.58. The third-order valence-electron chi connectivity index (χ3n) is 4.59. The van der Waals surface area contributed by atoms with Crippen molar-refractivity contribution < 1.29 is 27.8 Å². The molecule has 0 amide bonds. The molecule has 0 saturated heterocycles. The molecule has 31 heavy (non-hydrogen) atoms. The Balaban J connectivity index is 1.54. The van der Waals surface area contributed by atoms with Crippen molar-refractivity contribution in [1.82, 2.24) is 4.98 Å². The van der Waals surface area contributed by atoms with Crippen molar-refractivity contribution in [1.29, 1.82) is 5.41 Å². The number of nitrogens with one attached hydrogen (secondary N) is 1. The summed E-state index contributed by atoms with van der Waals surface area (Å²) in [5.74, 6) is 0.344. The third-order valence-corrected chi connectivity index (χ3v) is 5.45. The number of aromatic nitrogens is 1. The van der Waals surface area contributed by atoms with Crippen LogP contribution in [0.4, 0.5) is 18.9 Å². The van der Waals surface area contributed by atoms with Crippen molar-refractivity contribution in [2.45, 2.75) is 6.36 Å². The van der Waals surface area contributed by atoms with Crippen molar-refractivity contribution >= 4 is 28.4 Å². The summed E-state index contributed by atoms with van der Waals surface area (Å²) in [6.07, 6.45) is -4.78. The van der Waals surface area contributed by atoms with Crippen LogP contribution in [0.5, 0.6) is 11.5 Å². The van der Waals surface area contributed by atoms with E-state index in [1.54, 1.807) is 7.11 Å². The van der Waals surface area contributed by atoms with Gasteiger partial charge >= 0.3 is 6.36 Å². The van der Waals surface area contributed by atoms with Crippen LogP contribution in [0.1, 0.15) is 5.01 Å². The number of anilines is 1. The molecule has 6 nitrogen and oxygen atoms in total. The number of halogens is 3. The molecule has 0 fully saturated rings. The van der Waals surface area contributed by atoms with E-state index in [2.05, 4.69) is 9.72 Å². The zero-order valence-electron chi connectivity index (χ0n) is 16.1. The first-order valence-electron chi connectivity index (χ1n) is 9.00. The van der Waals surface area contributed by atoms with Gasteiger partial charge in [-0.15, -0.1) is 24.5 Å². The number of hydrogen-bond donors (Lipinski definition) is 2. The maximum absolute atomic E-state index is 12.3. The number of aliphatic hydroxyl groups excluding tert-OH is 1. The van der Waals surface area contributed by atoms with Crippen molar-refractivity contribution in [2.24, 2.45) is 0 Å². The number of amidine groups is 1. The number of methoxy groups -OCH3 is 1. The van der Waals surface area contributed by atoms with Crippen molar-refractivity contribution in [3.05, 3.63) is 64.7 Å². The average Bonchev–Trinajstić information content (AvgIpc) is 3.32. The van der Waals surface area contributed by atoms with E-state index in [0.29, 0.717) is 22.0 Å². The van der Waals surface area contributed by atoms with Gasteiger partial charge in [0.05, 0.1) is 24.9 Å². The molecule has 0 bridgehead atoms. The third kappa shape index (κ3) is 4.33. The lowest BCUT2D eigenvalue weighted by molar-refractivity contribution is -0.274.